The molecule has 1 rings (SSSR count). The Labute approximate surface area is 114 Å². The molecule has 0 amide bonds. The molecule has 0 radical (unpaired) electrons. The van der Waals surface area contributed by atoms with Crippen LogP contribution >= 0.6 is 0 Å². The van der Waals surface area contributed by atoms with Crippen LogP contribution in [0, 0.1) is 5.92 Å². The highest BCUT2D eigenvalue weighted by Crippen LogP contribution is 2.15. The van der Waals surface area contributed by atoms with Crippen molar-refractivity contribution in [3.8, 4) is 0 Å². The summed E-state index contributed by atoms with van der Waals surface area (Å²) >= 11 is 0. The van der Waals surface area contributed by atoms with E-state index in [9.17, 15) is 0 Å². The zero-order chi connectivity index (χ0) is 13.4. The SMILES string of the molecule is CCCCCNCC(C)N(C)CC1CCN(C)C1. The van der Waals surface area contributed by atoms with Crippen LogP contribution in [-0.4, -0.2) is 62.7 Å². The number of nitrogens with one attached hydrogen (secondary N) is 1. The molecule has 0 bridgehead atoms. The van der Waals surface area contributed by atoms with Crippen LogP contribution in [0.25, 0.3) is 0 Å². The quantitative estimate of drug-likeness (QED) is 0.636. The first-order valence-electron chi connectivity index (χ1n) is 7.73. The topological polar surface area (TPSA) is 18.5 Å². The second kappa shape index (κ2) is 8.89. The van der Waals surface area contributed by atoms with Gasteiger partial charge in [0.25, 0.3) is 0 Å². The first kappa shape index (κ1) is 15.9. The van der Waals surface area contributed by atoms with Crippen LogP contribution in [0.3, 0.4) is 0 Å². The molecule has 1 saturated heterocycles. The maximum Gasteiger partial charge on any atom is 0.0189 e. The van der Waals surface area contributed by atoms with Crippen molar-refractivity contribution in [3.63, 3.8) is 0 Å². The molecule has 0 aromatic carbocycles. The van der Waals surface area contributed by atoms with E-state index in [0.29, 0.717) is 6.04 Å². The molecule has 3 heteroatoms. The Hall–Kier alpha value is -0.120. The first-order valence-corrected chi connectivity index (χ1v) is 7.73. The highest BCUT2D eigenvalue weighted by molar-refractivity contribution is 4.77. The van der Waals surface area contributed by atoms with E-state index in [1.807, 2.05) is 0 Å². The van der Waals surface area contributed by atoms with Crippen molar-refractivity contribution in [1.29, 1.82) is 0 Å². The number of likely N-dealkylation sites (N-methyl/N-ethyl adjacent to an activating group) is 1. The third-order valence-corrected chi connectivity index (χ3v) is 4.18. The van der Waals surface area contributed by atoms with Gasteiger partial charge in [-0.1, -0.05) is 19.8 Å². The summed E-state index contributed by atoms with van der Waals surface area (Å²) in [7, 11) is 4.51. The molecular weight excluding hydrogens is 222 g/mol. The molecule has 0 aromatic heterocycles. The van der Waals surface area contributed by atoms with Gasteiger partial charge in [0.05, 0.1) is 0 Å². The standard InChI is InChI=1S/C15H33N3/c1-5-6-7-9-16-11-14(2)18(4)13-15-8-10-17(3)12-15/h14-16H,5-13H2,1-4H3. The van der Waals surface area contributed by atoms with Crippen molar-refractivity contribution < 1.29 is 0 Å². The lowest BCUT2D eigenvalue weighted by atomic mass is 10.1. The third-order valence-electron chi connectivity index (χ3n) is 4.18. The Morgan fingerprint density at radius 2 is 2.17 bits per heavy atom. The third kappa shape index (κ3) is 6.17. The average molecular weight is 255 g/mol. The van der Waals surface area contributed by atoms with Crippen LogP contribution in [0.2, 0.25) is 0 Å². The van der Waals surface area contributed by atoms with E-state index in [2.05, 4.69) is 43.1 Å². The predicted octanol–water partition coefficient (Wildman–Crippen LogP) is 2.04. The zero-order valence-electron chi connectivity index (χ0n) is 12.9. The molecular formula is C15H33N3. The molecule has 0 spiro atoms. The van der Waals surface area contributed by atoms with E-state index >= 15 is 0 Å². The number of hydrogen-bond acceptors (Lipinski definition) is 3. The Bertz CT molecular complexity index is 208. The fourth-order valence-corrected chi connectivity index (χ4v) is 2.73. The minimum Gasteiger partial charge on any atom is -0.315 e. The lowest BCUT2D eigenvalue weighted by Gasteiger charge is -2.27. The fraction of sp³-hybridized carbons (Fsp3) is 1.00. The van der Waals surface area contributed by atoms with Crippen LogP contribution < -0.4 is 5.32 Å². The molecule has 18 heavy (non-hydrogen) atoms. The average Bonchev–Trinajstić information content (AvgIpc) is 2.74. The number of hydrogen-bond donors (Lipinski definition) is 1. The van der Waals surface area contributed by atoms with Gasteiger partial charge in [-0.2, -0.15) is 0 Å². The van der Waals surface area contributed by atoms with E-state index in [-0.39, 0.29) is 0 Å². The maximum absolute atomic E-state index is 3.58. The van der Waals surface area contributed by atoms with Gasteiger partial charge in [-0.25, -0.2) is 0 Å². The zero-order valence-corrected chi connectivity index (χ0v) is 12.9. The van der Waals surface area contributed by atoms with Crippen molar-refractivity contribution >= 4 is 0 Å². The van der Waals surface area contributed by atoms with Gasteiger partial charge in [-0.15, -0.1) is 0 Å². The van der Waals surface area contributed by atoms with Gasteiger partial charge in [0.1, 0.15) is 0 Å². The molecule has 2 atom stereocenters. The van der Waals surface area contributed by atoms with Crippen molar-refractivity contribution in [2.45, 2.75) is 45.6 Å². The molecule has 3 nitrogen and oxygen atoms in total. The first-order chi connectivity index (χ1) is 8.63. The van der Waals surface area contributed by atoms with Gasteiger partial charge < -0.3 is 15.1 Å². The van der Waals surface area contributed by atoms with Crippen molar-refractivity contribution in [2.75, 3.05) is 46.8 Å². The van der Waals surface area contributed by atoms with Crippen molar-refractivity contribution in [2.24, 2.45) is 5.92 Å². The molecule has 2 unspecified atom stereocenters. The molecule has 108 valence electrons. The van der Waals surface area contributed by atoms with Crippen LogP contribution in [0.5, 0.6) is 0 Å². The highest BCUT2D eigenvalue weighted by Gasteiger charge is 2.22. The lowest BCUT2D eigenvalue weighted by Crippen LogP contribution is -2.41. The van der Waals surface area contributed by atoms with Crippen molar-refractivity contribution in [1.82, 2.24) is 15.1 Å². The predicted molar refractivity (Wildman–Crippen MR) is 80.1 cm³/mol. The highest BCUT2D eigenvalue weighted by atomic mass is 15.2. The van der Waals surface area contributed by atoms with Crippen LogP contribution in [0.4, 0.5) is 0 Å². The second-order valence-corrected chi connectivity index (χ2v) is 6.12. The van der Waals surface area contributed by atoms with Gasteiger partial charge in [-0.05, 0) is 52.9 Å². The van der Waals surface area contributed by atoms with Gasteiger partial charge >= 0.3 is 0 Å². The molecule has 0 saturated carbocycles. The molecule has 0 aromatic rings. The molecule has 1 fully saturated rings. The van der Waals surface area contributed by atoms with Gasteiger partial charge in [0.15, 0.2) is 0 Å². The molecule has 1 heterocycles. The van der Waals surface area contributed by atoms with Gasteiger partial charge in [-0.3, -0.25) is 0 Å². The maximum atomic E-state index is 3.58. The summed E-state index contributed by atoms with van der Waals surface area (Å²) < 4.78 is 0. The Kier molecular flexibility index (Phi) is 7.87. The molecule has 1 N–H and O–H groups in total. The fourth-order valence-electron chi connectivity index (χ4n) is 2.73. The lowest BCUT2D eigenvalue weighted by molar-refractivity contribution is 0.213. The summed E-state index contributed by atoms with van der Waals surface area (Å²) in [4.78, 5) is 4.98. The Morgan fingerprint density at radius 1 is 1.39 bits per heavy atom. The largest absolute Gasteiger partial charge is 0.315 e. The second-order valence-electron chi connectivity index (χ2n) is 6.12. The summed E-state index contributed by atoms with van der Waals surface area (Å²) in [5, 5.41) is 3.58. The van der Waals surface area contributed by atoms with E-state index in [1.165, 1.54) is 51.9 Å². The minimum absolute atomic E-state index is 0.650. The van der Waals surface area contributed by atoms with Crippen LogP contribution in [-0.2, 0) is 0 Å². The Morgan fingerprint density at radius 3 is 2.78 bits per heavy atom. The van der Waals surface area contributed by atoms with Gasteiger partial charge in [0, 0.05) is 25.7 Å². The molecule has 1 aliphatic rings. The Balaban J connectivity index is 2.07. The normalized spacial score (nSPS) is 22.8. The summed E-state index contributed by atoms with van der Waals surface area (Å²) in [6, 6.07) is 0.650. The van der Waals surface area contributed by atoms with E-state index in [1.54, 1.807) is 0 Å². The summed E-state index contributed by atoms with van der Waals surface area (Å²) in [5.74, 6) is 0.877. The van der Waals surface area contributed by atoms with E-state index < -0.39 is 0 Å². The summed E-state index contributed by atoms with van der Waals surface area (Å²) in [6.45, 7) is 10.7. The number of nitrogens with zero attached hydrogens (tertiary/aromatic N) is 2. The minimum atomic E-state index is 0.650. The van der Waals surface area contributed by atoms with E-state index in [4.69, 9.17) is 0 Å². The van der Waals surface area contributed by atoms with Gasteiger partial charge in [0.2, 0.25) is 0 Å². The molecule has 1 aliphatic heterocycles. The van der Waals surface area contributed by atoms with Crippen molar-refractivity contribution in [3.05, 3.63) is 0 Å². The summed E-state index contributed by atoms with van der Waals surface area (Å²) in [6.07, 6.45) is 5.36. The van der Waals surface area contributed by atoms with E-state index in [0.717, 1.165) is 12.5 Å². The van der Waals surface area contributed by atoms with Crippen LogP contribution in [0.15, 0.2) is 0 Å². The monoisotopic (exact) mass is 255 g/mol. The number of unbranched alkanes of at least 4 members (excludes halogenated alkanes) is 2. The smallest absolute Gasteiger partial charge is 0.0189 e. The molecule has 0 aliphatic carbocycles. The number of rotatable bonds is 9. The van der Waals surface area contributed by atoms with Crippen LogP contribution in [0.1, 0.15) is 39.5 Å². The number of likely N-dealkylation sites (tertiary alicyclic amines) is 1. The summed E-state index contributed by atoms with van der Waals surface area (Å²) in [5.41, 5.74) is 0.